The molecule has 1 aromatic heterocycles. The van der Waals surface area contributed by atoms with E-state index in [9.17, 15) is 0 Å². The summed E-state index contributed by atoms with van der Waals surface area (Å²) < 4.78 is 0. The molecule has 2 unspecified atom stereocenters. The molecule has 1 nitrogen and oxygen atoms in total. The van der Waals surface area contributed by atoms with E-state index in [-0.39, 0.29) is 0 Å². The van der Waals surface area contributed by atoms with Gasteiger partial charge in [0.1, 0.15) is 0 Å². The van der Waals surface area contributed by atoms with Crippen LogP contribution < -0.4 is 5.32 Å². The fraction of sp³-hybridized carbons (Fsp3) is 0.500. The van der Waals surface area contributed by atoms with Crippen LogP contribution in [0.25, 0.3) is 5.57 Å². The minimum Gasteiger partial charge on any atom is -0.316 e. The first-order valence-electron chi connectivity index (χ1n) is 5.30. The highest BCUT2D eigenvalue weighted by atomic mass is 32.1. The van der Waals surface area contributed by atoms with Crippen molar-refractivity contribution in [3.05, 3.63) is 28.0 Å². The van der Waals surface area contributed by atoms with Crippen molar-refractivity contribution in [2.75, 3.05) is 13.1 Å². The van der Waals surface area contributed by atoms with Gasteiger partial charge in [-0.25, -0.2) is 0 Å². The number of hydrogen-bond donors (Lipinski definition) is 1. The summed E-state index contributed by atoms with van der Waals surface area (Å²) in [6, 6.07) is 2.32. The summed E-state index contributed by atoms with van der Waals surface area (Å²) >= 11 is 1.90. The Morgan fingerprint density at radius 3 is 3.07 bits per heavy atom. The molecular formula is C12H15NS. The van der Waals surface area contributed by atoms with Gasteiger partial charge >= 0.3 is 0 Å². The van der Waals surface area contributed by atoms with Gasteiger partial charge in [0.15, 0.2) is 0 Å². The average molecular weight is 205 g/mol. The number of thiophene rings is 1. The van der Waals surface area contributed by atoms with E-state index in [1.807, 2.05) is 11.3 Å². The van der Waals surface area contributed by atoms with Crippen LogP contribution in [-0.2, 0) is 0 Å². The molecule has 2 aliphatic rings. The summed E-state index contributed by atoms with van der Waals surface area (Å²) in [6.45, 7) is 4.59. The van der Waals surface area contributed by atoms with Crippen LogP contribution in [0.4, 0.5) is 0 Å². The van der Waals surface area contributed by atoms with Gasteiger partial charge in [-0.2, -0.15) is 0 Å². The number of allylic oxidation sites excluding steroid dienone is 1. The molecule has 0 aromatic carbocycles. The maximum atomic E-state index is 3.46. The summed E-state index contributed by atoms with van der Waals surface area (Å²) in [6.07, 6.45) is 3.79. The van der Waals surface area contributed by atoms with Gasteiger partial charge in [-0.3, -0.25) is 0 Å². The standard InChI is InChI=1S/C12H15NS/c1-8-2-12(14-7-8)9-3-10-5-13-6-11(10)4-9/h2-3,7,10-11,13H,4-6H2,1H3. The van der Waals surface area contributed by atoms with Crippen molar-refractivity contribution in [1.82, 2.24) is 5.32 Å². The zero-order valence-electron chi connectivity index (χ0n) is 8.42. The van der Waals surface area contributed by atoms with Crippen molar-refractivity contribution < 1.29 is 0 Å². The van der Waals surface area contributed by atoms with Gasteiger partial charge in [0, 0.05) is 11.4 Å². The number of fused-ring (bicyclic) bond motifs is 1. The maximum absolute atomic E-state index is 3.46. The first kappa shape index (κ1) is 8.69. The third kappa shape index (κ3) is 1.33. The van der Waals surface area contributed by atoms with Gasteiger partial charge in [-0.05, 0) is 54.3 Å². The maximum Gasteiger partial charge on any atom is 0.0302 e. The van der Waals surface area contributed by atoms with E-state index in [4.69, 9.17) is 0 Å². The molecule has 3 rings (SSSR count). The van der Waals surface area contributed by atoms with Crippen LogP contribution in [0.3, 0.4) is 0 Å². The van der Waals surface area contributed by atoms with Crippen LogP contribution >= 0.6 is 11.3 Å². The highest BCUT2D eigenvalue weighted by Gasteiger charge is 2.31. The minimum atomic E-state index is 0.812. The van der Waals surface area contributed by atoms with Crippen LogP contribution in [0.15, 0.2) is 17.5 Å². The highest BCUT2D eigenvalue weighted by Crippen LogP contribution is 2.39. The first-order chi connectivity index (χ1) is 6.83. The van der Waals surface area contributed by atoms with Gasteiger partial charge in [0.25, 0.3) is 0 Å². The zero-order chi connectivity index (χ0) is 9.54. The van der Waals surface area contributed by atoms with Crippen molar-refractivity contribution in [3.8, 4) is 0 Å². The molecule has 2 heterocycles. The molecule has 1 N–H and O–H groups in total. The molecule has 1 fully saturated rings. The van der Waals surface area contributed by atoms with E-state index in [1.54, 1.807) is 5.57 Å². The lowest BCUT2D eigenvalue weighted by Crippen LogP contribution is -2.08. The molecule has 1 aliphatic carbocycles. The Morgan fingerprint density at radius 1 is 1.43 bits per heavy atom. The number of hydrogen-bond acceptors (Lipinski definition) is 2. The highest BCUT2D eigenvalue weighted by molar-refractivity contribution is 7.11. The van der Waals surface area contributed by atoms with Gasteiger partial charge in [0.2, 0.25) is 0 Å². The third-order valence-corrected chi connectivity index (χ3v) is 4.46. The molecule has 74 valence electrons. The predicted octanol–water partition coefficient (Wildman–Crippen LogP) is 2.68. The van der Waals surface area contributed by atoms with E-state index in [2.05, 4.69) is 29.8 Å². The number of aryl methyl sites for hydroxylation is 1. The summed E-state index contributed by atoms with van der Waals surface area (Å²) in [4.78, 5) is 1.50. The Kier molecular flexibility index (Phi) is 1.99. The monoisotopic (exact) mass is 205 g/mol. The van der Waals surface area contributed by atoms with E-state index in [0.717, 1.165) is 11.8 Å². The Hall–Kier alpha value is -0.600. The second-order valence-corrected chi connectivity index (χ2v) is 5.38. The predicted molar refractivity (Wildman–Crippen MR) is 61.5 cm³/mol. The van der Waals surface area contributed by atoms with E-state index in [0.29, 0.717) is 0 Å². The van der Waals surface area contributed by atoms with Crippen LogP contribution in [0, 0.1) is 18.8 Å². The van der Waals surface area contributed by atoms with E-state index >= 15 is 0 Å². The van der Waals surface area contributed by atoms with Gasteiger partial charge < -0.3 is 5.32 Å². The molecule has 0 saturated carbocycles. The van der Waals surface area contributed by atoms with Crippen molar-refractivity contribution in [1.29, 1.82) is 0 Å². The molecule has 1 saturated heterocycles. The lowest BCUT2D eigenvalue weighted by atomic mass is 10.00. The van der Waals surface area contributed by atoms with Gasteiger partial charge in [-0.15, -0.1) is 11.3 Å². The molecule has 1 aromatic rings. The van der Waals surface area contributed by atoms with Crippen LogP contribution in [0.1, 0.15) is 16.9 Å². The molecule has 0 spiro atoms. The van der Waals surface area contributed by atoms with E-state index in [1.165, 1.54) is 30.0 Å². The lowest BCUT2D eigenvalue weighted by Gasteiger charge is -2.04. The van der Waals surface area contributed by atoms with Crippen LogP contribution in [-0.4, -0.2) is 13.1 Å². The average Bonchev–Trinajstić information content (AvgIpc) is 2.75. The minimum absolute atomic E-state index is 0.812. The van der Waals surface area contributed by atoms with Gasteiger partial charge in [-0.1, -0.05) is 6.08 Å². The summed E-state index contributed by atoms with van der Waals surface area (Å²) in [7, 11) is 0. The number of rotatable bonds is 1. The Morgan fingerprint density at radius 2 is 2.36 bits per heavy atom. The summed E-state index contributed by atoms with van der Waals surface area (Å²) in [5.41, 5.74) is 3.00. The smallest absolute Gasteiger partial charge is 0.0302 e. The lowest BCUT2D eigenvalue weighted by molar-refractivity contribution is 0.536. The fourth-order valence-corrected chi connectivity index (χ4v) is 3.50. The second-order valence-electron chi connectivity index (χ2n) is 4.47. The third-order valence-electron chi connectivity index (χ3n) is 3.34. The molecule has 14 heavy (non-hydrogen) atoms. The normalized spacial score (nSPS) is 30.5. The van der Waals surface area contributed by atoms with Crippen molar-refractivity contribution >= 4 is 16.9 Å². The van der Waals surface area contributed by atoms with Crippen molar-refractivity contribution in [3.63, 3.8) is 0 Å². The molecule has 1 aliphatic heterocycles. The summed E-state index contributed by atoms with van der Waals surface area (Å²) in [5, 5.41) is 5.71. The first-order valence-corrected chi connectivity index (χ1v) is 6.18. The van der Waals surface area contributed by atoms with Crippen LogP contribution in [0.2, 0.25) is 0 Å². The molecular weight excluding hydrogens is 190 g/mol. The molecule has 0 radical (unpaired) electrons. The molecule has 0 bridgehead atoms. The zero-order valence-corrected chi connectivity index (χ0v) is 9.23. The Bertz CT molecular complexity index is 377. The Labute approximate surface area is 88.8 Å². The number of nitrogens with one attached hydrogen (secondary N) is 1. The molecule has 0 amide bonds. The second kappa shape index (κ2) is 3.21. The Balaban J connectivity index is 1.87. The summed E-state index contributed by atoms with van der Waals surface area (Å²) in [5.74, 6) is 1.69. The van der Waals surface area contributed by atoms with Crippen molar-refractivity contribution in [2.45, 2.75) is 13.3 Å². The fourth-order valence-electron chi connectivity index (χ4n) is 2.56. The topological polar surface area (TPSA) is 12.0 Å². The molecule has 2 heteroatoms. The van der Waals surface area contributed by atoms with Crippen LogP contribution in [0.5, 0.6) is 0 Å². The quantitative estimate of drug-likeness (QED) is 0.743. The van der Waals surface area contributed by atoms with E-state index < -0.39 is 0 Å². The van der Waals surface area contributed by atoms with Crippen molar-refractivity contribution in [2.24, 2.45) is 11.8 Å². The van der Waals surface area contributed by atoms with Gasteiger partial charge in [0.05, 0.1) is 0 Å². The largest absolute Gasteiger partial charge is 0.316 e. The SMILES string of the molecule is Cc1csc(C2=CC3CNCC3C2)c1. The molecule has 2 atom stereocenters.